The van der Waals surface area contributed by atoms with E-state index in [0.717, 1.165) is 11.8 Å². The summed E-state index contributed by atoms with van der Waals surface area (Å²) in [7, 11) is 0. The fourth-order valence-corrected chi connectivity index (χ4v) is 4.35. The first-order valence-corrected chi connectivity index (χ1v) is 10.1. The summed E-state index contributed by atoms with van der Waals surface area (Å²) < 4.78 is 5.68. The van der Waals surface area contributed by atoms with E-state index in [1.54, 1.807) is 42.5 Å². The van der Waals surface area contributed by atoms with Crippen molar-refractivity contribution in [2.45, 2.75) is 19.4 Å². The molecule has 1 atom stereocenters. The van der Waals surface area contributed by atoms with Crippen LogP contribution < -0.4 is 4.74 Å². The van der Waals surface area contributed by atoms with Crippen molar-refractivity contribution in [3.63, 3.8) is 0 Å². The van der Waals surface area contributed by atoms with Gasteiger partial charge in [0.15, 0.2) is 11.5 Å². The molecule has 0 bridgehead atoms. The molecule has 6 nitrogen and oxygen atoms in total. The highest BCUT2D eigenvalue weighted by Crippen LogP contribution is 2.40. The molecule has 1 saturated heterocycles. The van der Waals surface area contributed by atoms with Crippen molar-refractivity contribution >= 4 is 46.3 Å². The second-order valence-corrected chi connectivity index (χ2v) is 7.91. The van der Waals surface area contributed by atoms with Crippen molar-refractivity contribution in [3.8, 4) is 11.5 Å². The first-order valence-electron chi connectivity index (χ1n) is 8.90. The van der Waals surface area contributed by atoms with Crippen molar-refractivity contribution in [1.29, 1.82) is 0 Å². The number of phenolic OH excluding ortho intramolecular Hbond substituents is 1. The van der Waals surface area contributed by atoms with Crippen LogP contribution in [0.15, 0.2) is 53.4 Å². The minimum Gasteiger partial charge on any atom is -0.504 e. The molecular weight excluding hydrogens is 410 g/mol. The van der Waals surface area contributed by atoms with Crippen LogP contribution in [0, 0.1) is 0 Å². The zero-order valence-electron chi connectivity index (χ0n) is 15.6. The van der Waals surface area contributed by atoms with E-state index in [-0.39, 0.29) is 18.1 Å². The molecular formula is C21H19NO5S2. The molecule has 1 aliphatic rings. The van der Waals surface area contributed by atoms with Crippen LogP contribution in [0.1, 0.15) is 30.5 Å². The molecule has 0 aromatic heterocycles. The number of aromatic hydroxyl groups is 1. The molecule has 2 aromatic carbocycles. The van der Waals surface area contributed by atoms with Gasteiger partial charge >= 0.3 is 5.97 Å². The number of aliphatic carboxylic acids is 1. The molecule has 1 unspecified atom stereocenters. The minimum absolute atomic E-state index is 0.0159. The van der Waals surface area contributed by atoms with E-state index in [9.17, 15) is 19.8 Å². The normalized spacial score (nSPS) is 16.3. The highest BCUT2D eigenvalue weighted by atomic mass is 32.2. The number of carbonyl (C=O) groups excluding carboxylic acids is 1. The molecule has 1 heterocycles. The van der Waals surface area contributed by atoms with Gasteiger partial charge in [-0.15, -0.1) is 0 Å². The fourth-order valence-electron chi connectivity index (χ4n) is 2.99. The summed E-state index contributed by atoms with van der Waals surface area (Å²) in [6.07, 6.45) is 1.40. The maximum Gasteiger partial charge on any atom is 0.305 e. The number of carbonyl (C=O) groups is 2. The molecule has 3 rings (SSSR count). The minimum atomic E-state index is -1.02. The zero-order valence-corrected chi connectivity index (χ0v) is 17.2. The number of carboxylic acids is 1. The molecule has 1 aliphatic heterocycles. The lowest BCUT2D eigenvalue weighted by atomic mass is 10.0. The number of nitrogens with zero attached hydrogens (tertiary/aromatic N) is 1. The van der Waals surface area contributed by atoms with E-state index in [2.05, 4.69) is 0 Å². The number of amides is 1. The van der Waals surface area contributed by atoms with Gasteiger partial charge in [0.05, 0.1) is 24.0 Å². The maximum atomic E-state index is 13.1. The first-order chi connectivity index (χ1) is 13.9. The molecule has 1 fully saturated rings. The Bertz CT molecular complexity index is 974. The lowest BCUT2D eigenvalue weighted by Gasteiger charge is -2.26. The number of hydrogen-bond donors (Lipinski definition) is 2. The van der Waals surface area contributed by atoms with Gasteiger partial charge in [-0.2, -0.15) is 0 Å². The molecule has 0 spiro atoms. The van der Waals surface area contributed by atoms with Crippen molar-refractivity contribution in [2.24, 2.45) is 0 Å². The Labute approximate surface area is 177 Å². The summed E-state index contributed by atoms with van der Waals surface area (Å²) in [5.41, 5.74) is 1.37. The molecule has 2 aromatic rings. The highest BCUT2D eigenvalue weighted by molar-refractivity contribution is 8.26. The summed E-state index contributed by atoms with van der Waals surface area (Å²) >= 11 is 6.52. The van der Waals surface area contributed by atoms with Crippen molar-refractivity contribution < 1.29 is 24.5 Å². The molecule has 0 radical (unpaired) electrons. The number of ether oxygens (including phenoxy) is 1. The number of carboxylic acid groups (broad SMARTS) is 1. The number of benzene rings is 2. The summed E-state index contributed by atoms with van der Waals surface area (Å²) in [4.78, 5) is 26.2. The van der Waals surface area contributed by atoms with Gasteiger partial charge in [-0.1, -0.05) is 60.4 Å². The third kappa shape index (κ3) is 4.78. The van der Waals surface area contributed by atoms with Gasteiger partial charge in [0, 0.05) is 0 Å². The molecule has 0 saturated carbocycles. The van der Waals surface area contributed by atoms with Crippen molar-refractivity contribution in [1.82, 2.24) is 4.90 Å². The summed E-state index contributed by atoms with van der Waals surface area (Å²) in [5, 5.41) is 19.2. The summed E-state index contributed by atoms with van der Waals surface area (Å²) in [5.74, 6) is -1.02. The maximum absolute atomic E-state index is 13.1. The van der Waals surface area contributed by atoms with Crippen molar-refractivity contribution in [2.75, 3.05) is 6.61 Å². The molecule has 29 heavy (non-hydrogen) atoms. The SMILES string of the molecule is CCOc1cc(/C=C2\SC(=S)N(C(CC(=O)O)c3ccccc3)C2=O)ccc1O. The quantitative estimate of drug-likeness (QED) is 0.504. The Kier molecular flexibility index (Phi) is 6.56. The van der Waals surface area contributed by atoms with Gasteiger partial charge in [-0.05, 0) is 36.3 Å². The Balaban J connectivity index is 1.93. The van der Waals surface area contributed by atoms with Crippen LogP contribution in [0.25, 0.3) is 6.08 Å². The highest BCUT2D eigenvalue weighted by Gasteiger charge is 2.38. The predicted molar refractivity (Wildman–Crippen MR) is 116 cm³/mol. The molecule has 150 valence electrons. The average Bonchev–Trinajstić information content (AvgIpc) is 2.96. The summed E-state index contributed by atoms with van der Waals surface area (Å²) in [6.45, 7) is 2.20. The van der Waals surface area contributed by atoms with Gasteiger partial charge in [-0.3, -0.25) is 14.5 Å². The Morgan fingerprint density at radius 1 is 1.28 bits per heavy atom. The third-order valence-electron chi connectivity index (χ3n) is 4.27. The molecule has 1 amide bonds. The van der Waals surface area contributed by atoms with Crippen LogP contribution >= 0.6 is 24.0 Å². The number of hydrogen-bond acceptors (Lipinski definition) is 6. The topological polar surface area (TPSA) is 87.1 Å². The van der Waals surface area contributed by atoms with Crippen LogP contribution in [-0.2, 0) is 9.59 Å². The van der Waals surface area contributed by atoms with Crippen LogP contribution in [0.4, 0.5) is 0 Å². The molecule has 2 N–H and O–H groups in total. The lowest BCUT2D eigenvalue weighted by Crippen LogP contribution is -2.34. The van der Waals surface area contributed by atoms with E-state index < -0.39 is 12.0 Å². The predicted octanol–water partition coefficient (Wildman–Crippen LogP) is 4.21. The van der Waals surface area contributed by atoms with E-state index >= 15 is 0 Å². The van der Waals surface area contributed by atoms with Crippen LogP contribution in [0.2, 0.25) is 0 Å². The monoisotopic (exact) mass is 429 g/mol. The standard InChI is InChI=1S/C21H19NO5S2/c1-2-27-17-10-13(8-9-16(17)23)11-18-20(26)22(21(28)29-18)15(12-19(24)25)14-6-4-3-5-7-14/h3-11,15,23H,2,12H2,1H3,(H,24,25)/b18-11-. The summed E-state index contributed by atoms with van der Waals surface area (Å²) in [6, 6.07) is 13.1. The number of thioether (sulfide) groups is 1. The van der Waals surface area contributed by atoms with Gasteiger partial charge in [0.2, 0.25) is 0 Å². The van der Waals surface area contributed by atoms with Gasteiger partial charge < -0.3 is 14.9 Å². The smallest absolute Gasteiger partial charge is 0.305 e. The first kappa shape index (κ1) is 20.9. The second-order valence-electron chi connectivity index (χ2n) is 6.24. The molecule has 0 aliphatic carbocycles. The van der Waals surface area contributed by atoms with Gasteiger partial charge in [0.25, 0.3) is 5.91 Å². The molecule has 8 heteroatoms. The Morgan fingerprint density at radius 3 is 2.66 bits per heavy atom. The third-order valence-corrected chi connectivity index (χ3v) is 5.60. The van der Waals surface area contributed by atoms with Crippen LogP contribution in [0.3, 0.4) is 0 Å². The Hall–Kier alpha value is -2.84. The Morgan fingerprint density at radius 2 is 2.00 bits per heavy atom. The van der Waals surface area contributed by atoms with Gasteiger partial charge in [-0.25, -0.2) is 0 Å². The second kappa shape index (κ2) is 9.11. The zero-order chi connectivity index (χ0) is 21.0. The number of rotatable bonds is 7. The van der Waals surface area contributed by atoms with E-state index in [1.165, 1.54) is 11.0 Å². The largest absolute Gasteiger partial charge is 0.504 e. The van der Waals surface area contributed by atoms with E-state index in [1.807, 2.05) is 13.0 Å². The number of phenols is 1. The number of thiocarbonyl (C=S) groups is 1. The van der Waals surface area contributed by atoms with Crippen molar-refractivity contribution in [3.05, 3.63) is 64.6 Å². The van der Waals surface area contributed by atoms with Crippen LogP contribution in [0.5, 0.6) is 11.5 Å². The van der Waals surface area contributed by atoms with E-state index in [4.69, 9.17) is 17.0 Å². The lowest BCUT2D eigenvalue weighted by molar-refractivity contribution is -0.138. The fraction of sp³-hybridized carbons (Fsp3) is 0.190. The van der Waals surface area contributed by atoms with Gasteiger partial charge in [0.1, 0.15) is 4.32 Å². The van der Waals surface area contributed by atoms with E-state index in [0.29, 0.717) is 32.7 Å². The van der Waals surface area contributed by atoms with Crippen LogP contribution in [-0.4, -0.2) is 37.9 Å². The average molecular weight is 430 g/mol.